The third-order valence-corrected chi connectivity index (χ3v) is 6.55. The second-order valence-corrected chi connectivity index (χ2v) is 8.42. The predicted octanol–water partition coefficient (Wildman–Crippen LogP) is 2.77. The minimum Gasteiger partial charge on any atom is -0.485 e. The number of benzene rings is 1. The Morgan fingerprint density at radius 1 is 1.29 bits per heavy atom. The molecule has 1 aliphatic rings. The highest BCUT2D eigenvalue weighted by Gasteiger charge is 2.34. The van der Waals surface area contributed by atoms with Crippen molar-refractivity contribution in [1.82, 2.24) is 4.98 Å². The van der Waals surface area contributed by atoms with Crippen molar-refractivity contribution in [3.05, 3.63) is 40.8 Å². The van der Waals surface area contributed by atoms with Gasteiger partial charge in [-0.2, -0.15) is 0 Å². The van der Waals surface area contributed by atoms with Crippen LogP contribution >= 0.6 is 11.3 Å². The molecule has 0 aliphatic heterocycles. The standard InChI is InChI=1S/C16H20N2O4S2/c19-14-6-2-4-8-16(14)24(20,21)18-13-5-1-3-7-15(13)22-9-12-10-23-11-17-12/h1,3,5,7,10-11,14,16,18-19H,2,4,6,8-9H2. The third kappa shape index (κ3) is 4.06. The Hall–Kier alpha value is -1.64. The molecule has 8 heteroatoms. The minimum absolute atomic E-state index is 0.272. The molecule has 2 unspecified atom stereocenters. The van der Waals surface area contributed by atoms with Crippen LogP contribution in [0.2, 0.25) is 0 Å². The van der Waals surface area contributed by atoms with Gasteiger partial charge in [0.1, 0.15) is 17.6 Å². The fourth-order valence-corrected chi connectivity index (χ4v) is 5.00. The van der Waals surface area contributed by atoms with E-state index >= 15 is 0 Å². The maximum atomic E-state index is 12.6. The predicted molar refractivity (Wildman–Crippen MR) is 93.7 cm³/mol. The quantitative estimate of drug-likeness (QED) is 0.818. The van der Waals surface area contributed by atoms with Crippen LogP contribution in [0.5, 0.6) is 5.75 Å². The molecule has 0 amide bonds. The van der Waals surface area contributed by atoms with Crippen molar-refractivity contribution in [2.45, 2.75) is 43.6 Å². The first-order chi connectivity index (χ1) is 11.6. The SMILES string of the molecule is O=S(=O)(Nc1ccccc1OCc1cscn1)C1CCCCC1O. The molecule has 24 heavy (non-hydrogen) atoms. The normalized spacial score (nSPS) is 21.4. The molecule has 3 rings (SSSR count). The summed E-state index contributed by atoms with van der Waals surface area (Å²) in [5, 5.41) is 11.1. The van der Waals surface area contributed by atoms with E-state index in [1.54, 1.807) is 29.8 Å². The largest absolute Gasteiger partial charge is 0.485 e. The van der Waals surface area contributed by atoms with Crippen molar-refractivity contribution in [3.8, 4) is 5.75 Å². The fraction of sp³-hybridized carbons (Fsp3) is 0.438. The van der Waals surface area contributed by atoms with Gasteiger partial charge in [0.05, 0.1) is 23.0 Å². The highest BCUT2D eigenvalue weighted by atomic mass is 32.2. The molecule has 0 saturated heterocycles. The van der Waals surface area contributed by atoms with E-state index in [1.165, 1.54) is 11.3 Å². The molecular formula is C16H20N2O4S2. The van der Waals surface area contributed by atoms with Gasteiger partial charge in [-0.1, -0.05) is 25.0 Å². The van der Waals surface area contributed by atoms with E-state index in [1.807, 2.05) is 5.38 Å². The van der Waals surface area contributed by atoms with Gasteiger partial charge in [0.25, 0.3) is 0 Å². The molecular weight excluding hydrogens is 348 g/mol. The molecule has 130 valence electrons. The van der Waals surface area contributed by atoms with Gasteiger partial charge in [0.2, 0.25) is 10.0 Å². The molecule has 2 aromatic rings. The highest BCUT2D eigenvalue weighted by Crippen LogP contribution is 2.30. The molecule has 1 heterocycles. The van der Waals surface area contributed by atoms with Crippen LogP contribution in [-0.2, 0) is 16.6 Å². The Labute approximate surface area is 145 Å². The number of aliphatic hydroxyl groups is 1. The Morgan fingerprint density at radius 3 is 2.83 bits per heavy atom. The lowest BCUT2D eigenvalue weighted by Crippen LogP contribution is -2.40. The lowest BCUT2D eigenvalue weighted by molar-refractivity contribution is 0.133. The minimum atomic E-state index is -3.67. The summed E-state index contributed by atoms with van der Waals surface area (Å²) in [6.45, 7) is 0.272. The van der Waals surface area contributed by atoms with E-state index < -0.39 is 21.4 Å². The number of aromatic nitrogens is 1. The zero-order valence-electron chi connectivity index (χ0n) is 13.1. The van der Waals surface area contributed by atoms with Gasteiger partial charge in [-0.15, -0.1) is 11.3 Å². The summed E-state index contributed by atoms with van der Waals surface area (Å²) in [5.41, 5.74) is 2.89. The number of nitrogens with zero attached hydrogens (tertiary/aromatic N) is 1. The van der Waals surface area contributed by atoms with Crippen molar-refractivity contribution in [1.29, 1.82) is 0 Å². The number of ether oxygens (including phenoxy) is 1. The van der Waals surface area contributed by atoms with Crippen LogP contribution in [-0.4, -0.2) is 29.9 Å². The van der Waals surface area contributed by atoms with Crippen LogP contribution in [0, 0.1) is 0 Å². The Balaban J connectivity index is 1.74. The average molecular weight is 368 g/mol. The average Bonchev–Trinajstić information content (AvgIpc) is 3.07. The number of anilines is 1. The Bertz CT molecular complexity index is 762. The van der Waals surface area contributed by atoms with Gasteiger partial charge in [0.15, 0.2) is 0 Å². The van der Waals surface area contributed by atoms with Crippen molar-refractivity contribution in [2.75, 3.05) is 4.72 Å². The zero-order valence-corrected chi connectivity index (χ0v) is 14.7. The summed E-state index contributed by atoms with van der Waals surface area (Å²) in [6, 6.07) is 6.89. The van der Waals surface area contributed by atoms with Gasteiger partial charge < -0.3 is 9.84 Å². The number of hydrogen-bond donors (Lipinski definition) is 2. The number of para-hydroxylation sites is 2. The number of thiazole rings is 1. The smallest absolute Gasteiger partial charge is 0.238 e. The molecule has 0 spiro atoms. The molecule has 6 nitrogen and oxygen atoms in total. The summed E-state index contributed by atoms with van der Waals surface area (Å²) >= 11 is 1.48. The van der Waals surface area contributed by atoms with Crippen molar-refractivity contribution >= 4 is 27.0 Å². The maximum absolute atomic E-state index is 12.6. The Kier molecular flexibility index (Phi) is 5.37. The topological polar surface area (TPSA) is 88.5 Å². The summed E-state index contributed by atoms with van der Waals surface area (Å²) in [6.07, 6.45) is 1.84. The van der Waals surface area contributed by atoms with E-state index in [0.717, 1.165) is 18.5 Å². The lowest BCUT2D eigenvalue weighted by atomic mass is 9.97. The lowest BCUT2D eigenvalue weighted by Gasteiger charge is -2.27. The van der Waals surface area contributed by atoms with Crippen LogP contribution in [0.3, 0.4) is 0 Å². The van der Waals surface area contributed by atoms with Crippen LogP contribution in [0.1, 0.15) is 31.4 Å². The number of hydrogen-bond acceptors (Lipinski definition) is 6. The van der Waals surface area contributed by atoms with E-state index in [-0.39, 0.29) is 6.61 Å². The van der Waals surface area contributed by atoms with Crippen LogP contribution in [0.25, 0.3) is 0 Å². The monoisotopic (exact) mass is 368 g/mol. The number of aliphatic hydroxyl groups excluding tert-OH is 1. The van der Waals surface area contributed by atoms with E-state index in [4.69, 9.17) is 4.74 Å². The van der Waals surface area contributed by atoms with E-state index in [2.05, 4.69) is 9.71 Å². The number of sulfonamides is 1. The van der Waals surface area contributed by atoms with Crippen molar-refractivity contribution < 1.29 is 18.3 Å². The van der Waals surface area contributed by atoms with E-state index in [9.17, 15) is 13.5 Å². The zero-order chi connectivity index (χ0) is 17.0. The van der Waals surface area contributed by atoms with Crippen LogP contribution in [0.4, 0.5) is 5.69 Å². The van der Waals surface area contributed by atoms with E-state index in [0.29, 0.717) is 24.3 Å². The molecule has 1 aromatic carbocycles. The summed E-state index contributed by atoms with van der Waals surface area (Å²) in [5.74, 6) is 0.444. The fourth-order valence-electron chi connectivity index (χ4n) is 2.81. The summed E-state index contributed by atoms with van der Waals surface area (Å²) < 4.78 is 33.5. The van der Waals surface area contributed by atoms with Crippen molar-refractivity contribution in [3.63, 3.8) is 0 Å². The number of nitrogens with one attached hydrogen (secondary N) is 1. The maximum Gasteiger partial charge on any atom is 0.238 e. The van der Waals surface area contributed by atoms with Gasteiger partial charge >= 0.3 is 0 Å². The summed E-state index contributed by atoms with van der Waals surface area (Å²) in [7, 11) is -3.67. The molecule has 1 fully saturated rings. The molecule has 0 radical (unpaired) electrons. The van der Waals surface area contributed by atoms with Gasteiger partial charge in [-0.05, 0) is 25.0 Å². The molecule has 0 bridgehead atoms. The highest BCUT2D eigenvalue weighted by molar-refractivity contribution is 7.93. The molecule has 1 aromatic heterocycles. The van der Waals surface area contributed by atoms with Gasteiger partial charge in [0, 0.05) is 5.38 Å². The second-order valence-electron chi connectivity index (χ2n) is 5.80. The molecule has 1 aliphatic carbocycles. The van der Waals surface area contributed by atoms with Gasteiger partial charge in [-0.25, -0.2) is 13.4 Å². The van der Waals surface area contributed by atoms with Gasteiger partial charge in [-0.3, -0.25) is 4.72 Å². The van der Waals surface area contributed by atoms with Crippen LogP contribution in [0.15, 0.2) is 35.2 Å². The first-order valence-corrected chi connectivity index (χ1v) is 10.3. The first kappa shape index (κ1) is 17.2. The Morgan fingerprint density at radius 2 is 2.08 bits per heavy atom. The molecule has 2 atom stereocenters. The third-order valence-electron chi connectivity index (χ3n) is 4.06. The summed E-state index contributed by atoms with van der Waals surface area (Å²) in [4.78, 5) is 4.14. The second kappa shape index (κ2) is 7.50. The van der Waals surface area contributed by atoms with Crippen molar-refractivity contribution in [2.24, 2.45) is 0 Å². The first-order valence-electron chi connectivity index (χ1n) is 7.85. The number of rotatable bonds is 6. The molecule has 2 N–H and O–H groups in total. The van der Waals surface area contributed by atoms with Crippen LogP contribution < -0.4 is 9.46 Å². The molecule has 1 saturated carbocycles.